The number of carbonyl (C=O) groups is 1. The smallest absolute Gasteiger partial charge is 0.339 e. The third-order valence-electron chi connectivity index (χ3n) is 4.76. The van der Waals surface area contributed by atoms with Gasteiger partial charge in [0.15, 0.2) is 0 Å². The Morgan fingerprint density at radius 3 is 2.38 bits per heavy atom. The van der Waals surface area contributed by atoms with E-state index < -0.39 is 0 Å². The second kappa shape index (κ2) is 4.93. The van der Waals surface area contributed by atoms with E-state index in [1.165, 1.54) is 16.2 Å². The van der Waals surface area contributed by atoms with Crippen LogP contribution in [0.3, 0.4) is 0 Å². The highest BCUT2D eigenvalue weighted by molar-refractivity contribution is 6.17. The quantitative estimate of drug-likeness (QED) is 0.351. The van der Waals surface area contributed by atoms with Crippen molar-refractivity contribution in [3.63, 3.8) is 0 Å². The van der Waals surface area contributed by atoms with Gasteiger partial charge in [0.1, 0.15) is 6.61 Å². The maximum Gasteiger partial charge on any atom is 0.339 e. The average molecular weight is 310 g/mol. The molecule has 2 heteroatoms. The number of cyclic esters (lactones) is 1. The van der Waals surface area contributed by atoms with Gasteiger partial charge in [0.2, 0.25) is 0 Å². The predicted octanol–water partition coefficient (Wildman–Crippen LogP) is 5.33. The van der Waals surface area contributed by atoms with Crippen LogP contribution in [0.15, 0.2) is 72.8 Å². The number of esters is 1. The maximum absolute atomic E-state index is 12.3. The molecule has 1 heterocycles. The van der Waals surface area contributed by atoms with Crippen molar-refractivity contribution < 1.29 is 9.53 Å². The first-order chi connectivity index (χ1) is 11.8. The van der Waals surface area contributed by atoms with E-state index in [9.17, 15) is 4.79 Å². The topological polar surface area (TPSA) is 26.3 Å². The van der Waals surface area contributed by atoms with E-state index in [4.69, 9.17) is 4.74 Å². The number of hydrogen-bond donors (Lipinski definition) is 0. The summed E-state index contributed by atoms with van der Waals surface area (Å²) in [4.78, 5) is 12.3. The van der Waals surface area contributed by atoms with Crippen molar-refractivity contribution in [2.75, 3.05) is 0 Å². The summed E-state index contributed by atoms with van der Waals surface area (Å²) in [7, 11) is 0. The van der Waals surface area contributed by atoms with Crippen LogP contribution in [0.25, 0.3) is 32.7 Å². The molecule has 1 aliphatic heterocycles. The summed E-state index contributed by atoms with van der Waals surface area (Å²) in [5, 5.41) is 4.67. The van der Waals surface area contributed by atoms with Crippen LogP contribution in [0.4, 0.5) is 0 Å². The molecule has 4 aromatic carbocycles. The molecule has 0 unspecified atom stereocenters. The van der Waals surface area contributed by atoms with Gasteiger partial charge in [-0.15, -0.1) is 0 Å². The number of carbonyl (C=O) groups excluding carboxylic acids is 1. The van der Waals surface area contributed by atoms with Gasteiger partial charge in [-0.2, -0.15) is 0 Å². The van der Waals surface area contributed by atoms with Crippen LogP contribution in [-0.4, -0.2) is 5.97 Å². The number of benzene rings is 4. The maximum atomic E-state index is 12.3. The zero-order valence-corrected chi connectivity index (χ0v) is 13.0. The van der Waals surface area contributed by atoms with Gasteiger partial charge in [-0.3, -0.25) is 0 Å². The third kappa shape index (κ3) is 1.80. The molecule has 0 N–H and O–H groups in total. The molecule has 0 aliphatic carbocycles. The molecule has 0 fully saturated rings. The van der Waals surface area contributed by atoms with Gasteiger partial charge in [0, 0.05) is 11.1 Å². The van der Waals surface area contributed by atoms with Crippen LogP contribution in [0.5, 0.6) is 0 Å². The van der Waals surface area contributed by atoms with Crippen LogP contribution in [0.1, 0.15) is 15.9 Å². The summed E-state index contributed by atoms with van der Waals surface area (Å²) in [5.41, 5.74) is 3.72. The largest absolute Gasteiger partial charge is 0.457 e. The van der Waals surface area contributed by atoms with Crippen LogP contribution in [0.2, 0.25) is 0 Å². The van der Waals surface area contributed by atoms with E-state index >= 15 is 0 Å². The van der Waals surface area contributed by atoms with Gasteiger partial charge in [-0.25, -0.2) is 4.79 Å². The van der Waals surface area contributed by atoms with E-state index in [0.717, 1.165) is 22.1 Å². The molecule has 0 radical (unpaired) electrons. The van der Waals surface area contributed by atoms with Gasteiger partial charge < -0.3 is 4.74 Å². The Bertz CT molecular complexity index is 1110. The van der Waals surface area contributed by atoms with Crippen LogP contribution >= 0.6 is 0 Å². The Hall–Kier alpha value is -3.13. The third-order valence-corrected chi connectivity index (χ3v) is 4.76. The van der Waals surface area contributed by atoms with Gasteiger partial charge >= 0.3 is 5.97 Å². The Kier molecular flexibility index (Phi) is 2.74. The summed E-state index contributed by atoms with van der Waals surface area (Å²) in [5.74, 6) is -0.223. The molecule has 0 saturated carbocycles. The summed E-state index contributed by atoms with van der Waals surface area (Å²) in [6.07, 6.45) is 0. The second-order valence-electron chi connectivity index (χ2n) is 6.11. The number of fused-ring (bicyclic) bond motifs is 4. The Balaban J connectivity index is 2.00. The molecule has 5 rings (SSSR count). The van der Waals surface area contributed by atoms with Gasteiger partial charge in [0.25, 0.3) is 0 Å². The fraction of sp³-hybridized carbons (Fsp3) is 0.0455. The van der Waals surface area contributed by atoms with Crippen LogP contribution in [-0.2, 0) is 11.3 Å². The molecule has 1 aliphatic rings. The van der Waals surface area contributed by atoms with E-state index in [1.807, 2.05) is 24.3 Å². The molecule has 0 spiro atoms. The summed E-state index contributed by atoms with van der Waals surface area (Å²) in [6.45, 7) is 0.354. The molecule has 114 valence electrons. The van der Waals surface area contributed by atoms with Crippen LogP contribution in [0, 0.1) is 0 Å². The minimum absolute atomic E-state index is 0.223. The zero-order valence-electron chi connectivity index (χ0n) is 13.0. The van der Waals surface area contributed by atoms with Crippen molar-refractivity contribution in [2.45, 2.75) is 6.61 Å². The second-order valence-corrected chi connectivity index (χ2v) is 6.11. The zero-order chi connectivity index (χ0) is 16.1. The molecule has 0 atom stereocenters. The molecular weight excluding hydrogens is 296 g/mol. The van der Waals surface area contributed by atoms with E-state index in [1.54, 1.807) is 0 Å². The van der Waals surface area contributed by atoms with Gasteiger partial charge in [0.05, 0.1) is 5.56 Å². The highest BCUT2D eigenvalue weighted by atomic mass is 16.5. The Morgan fingerprint density at radius 1 is 0.708 bits per heavy atom. The van der Waals surface area contributed by atoms with Gasteiger partial charge in [-0.1, -0.05) is 66.7 Å². The summed E-state index contributed by atoms with van der Waals surface area (Å²) >= 11 is 0. The lowest BCUT2D eigenvalue weighted by Gasteiger charge is -2.13. The molecule has 0 aromatic heterocycles. The van der Waals surface area contributed by atoms with Crippen molar-refractivity contribution in [3.8, 4) is 11.1 Å². The molecule has 24 heavy (non-hydrogen) atoms. The molecule has 0 bridgehead atoms. The first-order valence-corrected chi connectivity index (χ1v) is 8.03. The number of hydrogen-bond acceptors (Lipinski definition) is 2. The van der Waals surface area contributed by atoms with Crippen molar-refractivity contribution >= 4 is 27.5 Å². The summed E-state index contributed by atoms with van der Waals surface area (Å²) < 4.78 is 5.33. The molecule has 4 aromatic rings. The lowest BCUT2D eigenvalue weighted by molar-refractivity contribution is 0.0535. The normalized spacial score (nSPS) is 13.2. The average Bonchev–Trinajstić information content (AvgIpc) is 3.01. The fourth-order valence-corrected chi connectivity index (χ4v) is 3.68. The lowest BCUT2D eigenvalue weighted by Crippen LogP contribution is -1.98. The minimum atomic E-state index is -0.223. The Morgan fingerprint density at radius 2 is 1.50 bits per heavy atom. The van der Waals surface area contributed by atoms with Crippen molar-refractivity contribution in [2.24, 2.45) is 0 Å². The Labute approximate surface area is 139 Å². The highest BCUT2D eigenvalue weighted by Crippen LogP contribution is 2.40. The fourth-order valence-electron chi connectivity index (χ4n) is 3.68. The number of ether oxygens (including phenoxy) is 1. The first kappa shape index (κ1) is 13.3. The molecular formula is C22H14O2. The standard InChI is InChI=1S/C22H14O2/c23-22-21-16(13-24-22)12-19-17-9-5-4-6-14(17)10-11-18(19)20(21)15-7-2-1-3-8-15/h1-12H,13H2. The van der Waals surface area contributed by atoms with Gasteiger partial charge in [-0.05, 0) is 33.2 Å². The monoisotopic (exact) mass is 310 g/mol. The molecule has 2 nitrogen and oxygen atoms in total. The lowest BCUT2D eigenvalue weighted by atomic mass is 9.88. The van der Waals surface area contributed by atoms with E-state index in [-0.39, 0.29) is 5.97 Å². The first-order valence-electron chi connectivity index (χ1n) is 8.03. The highest BCUT2D eigenvalue weighted by Gasteiger charge is 2.27. The number of rotatable bonds is 1. The molecule has 0 saturated heterocycles. The van der Waals surface area contributed by atoms with Crippen LogP contribution < -0.4 is 0 Å². The van der Waals surface area contributed by atoms with Crippen molar-refractivity contribution in [1.29, 1.82) is 0 Å². The predicted molar refractivity (Wildman–Crippen MR) is 96.0 cm³/mol. The molecule has 0 amide bonds. The van der Waals surface area contributed by atoms with Crippen molar-refractivity contribution in [3.05, 3.63) is 83.9 Å². The minimum Gasteiger partial charge on any atom is -0.457 e. The van der Waals surface area contributed by atoms with Crippen molar-refractivity contribution in [1.82, 2.24) is 0 Å². The van der Waals surface area contributed by atoms with E-state index in [0.29, 0.717) is 12.2 Å². The SMILES string of the molecule is O=C1OCc2cc3c(ccc4ccccc43)c(-c3ccccc3)c21. The summed E-state index contributed by atoms with van der Waals surface area (Å²) in [6, 6.07) is 24.8. The van der Waals surface area contributed by atoms with E-state index in [2.05, 4.69) is 48.5 Å².